The molecule has 2 nitrogen and oxygen atoms in total. The SMILES string of the molecule is C=CCCCN(C#CC)C(=O)CCC=C. The third kappa shape index (κ3) is 6.56. The molecule has 0 aromatic rings. The highest BCUT2D eigenvalue weighted by atomic mass is 16.2. The molecular formula is C13H19NO. The van der Waals surface area contributed by atoms with Crippen LogP contribution in [0.1, 0.15) is 32.6 Å². The summed E-state index contributed by atoms with van der Waals surface area (Å²) in [6.07, 6.45) is 6.63. The van der Waals surface area contributed by atoms with Gasteiger partial charge in [-0.15, -0.1) is 13.2 Å². The zero-order valence-electron chi connectivity index (χ0n) is 9.46. The highest BCUT2D eigenvalue weighted by Gasteiger charge is 2.08. The van der Waals surface area contributed by atoms with Gasteiger partial charge in [-0.25, -0.2) is 0 Å². The maximum Gasteiger partial charge on any atom is 0.234 e. The number of allylic oxidation sites excluding steroid dienone is 2. The van der Waals surface area contributed by atoms with Gasteiger partial charge in [0.1, 0.15) is 0 Å². The van der Waals surface area contributed by atoms with Crippen molar-refractivity contribution in [1.82, 2.24) is 4.90 Å². The Labute approximate surface area is 92.7 Å². The smallest absolute Gasteiger partial charge is 0.234 e. The molecule has 1 amide bonds. The zero-order valence-corrected chi connectivity index (χ0v) is 9.46. The summed E-state index contributed by atoms with van der Waals surface area (Å²) in [5.74, 6) is 2.83. The highest BCUT2D eigenvalue weighted by molar-refractivity contribution is 5.78. The van der Waals surface area contributed by atoms with E-state index in [-0.39, 0.29) is 5.91 Å². The largest absolute Gasteiger partial charge is 0.274 e. The number of unbranched alkanes of at least 4 members (excludes halogenated alkanes) is 1. The van der Waals surface area contributed by atoms with Crippen molar-refractivity contribution in [2.75, 3.05) is 6.54 Å². The first-order valence-corrected chi connectivity index (χ1v) is 5.20. The number of nitrogens with zero attached hydrogens (tertiary/aromatic N) is 1. The van der Waals surface area contributed by atoms with Crippen LogP contribution in [0.2, 0.25) is 0 Å². The van der Waals surface area contributed by atoms with Crippen molar-refractivity contribution in [2.45, 2.75) is 32.6 Å². The van der Waals surface area contributed by atoms with Crippen LogP contribution in [0.4, 0.5) is 0 Å². The highest BCUT2D eigenvalue weighted by Crippen LogP contribution is 2.00. The summed E-state index contributed by atoms with van der Waals surface area (Å²) in [6, 6.07) is 2.82. The molecule has 0 heterocycles. The van der Waals surface area contributed by atoms with Crippen LogP contribution in [-0.4, -0.2) is 17.4 Å². The van der Waals surface area contributed by atoms with Crippen molar-refractivity contribution in [3.05, 3.63) is 25.3 Å². The summed E-state index contributed by atoms with van der Waals surface area (Å²) < 4.78 is 0. The molecule has 0 saturated carbocycles. The van der Waals surface area contributed by atoms with E-state index in [0.29, 0.717) is 19.4 Å². The predicted octanol–water partition coefficient (Wildman–Crippen LogP) is 2.73. The first-order valence-electron chi connectivity index (χ1n) is 5.20. The minimum absolute atomic E-state index is 0.0771. The fourth-order valence-electron chi connectivity index (χ4n) is 1.13. The molecule has 2 heteroatoms. The molecule has 0 radical (unpaired) electrons. The topological polar surface area (TPSA) is 20.3 Å². The van der Waals surface area contributed by atoms with Crippen LogP contribution >= 0.6 is 0 Å². The first kappa shape index (κ1) is 13.5. The van der Waals surface area contributed by atoms with Crippen molar-refractivity contribution < 1.29 is 4.79 Å². The van der Waals surface area contributed by atoms with E-state index in [1.165, 1.54) is 0 Å². The minimum atomic E-state index is 0.0771. The van der Waals surface area contributed by atoms with E-state index in [9.17, 15) is 4.79 Å². The monoisotopic (exact) mass is 205 g/mol. The van der Waals surface area contributed by atoms with Gasteiger partial charge >= 0.3 is 0 Å². The number of rotatable bonds is 7. The van der Waals surface area contributed by atoms with E-state index in [0.717, 1.165) is 12.8 Å². The third-order valence-corrected chi connectivity index (χ3v) is 1.90. The van der Waals surface area contributed by atoms with Crippen LogP contribution in [0.25, 0.3) is 0 Å². The average molecular weight is 205 g/mol. The van der Waals surface area contributed by atoms with Gasteiger partial charge in [0.2, 0.25) is 5.91 Å². The fourth-order valence-corrected chi connectivity index (χ4v) is 1.13. The van der Waals surface area contributed by atoms with Crippen LogP contribution in [0.5, 0.6) is 0 Å². The van der Waals surface area contributed by atoms with Gasteiger partial charge in [0.15, 0.2) is 0 Å². The van der Waals surface area contributed by atoms with Gasteiger partial charge in [-0.1, -0.05) is 18.1 Å². The molecular weight excluding hydrogens is 186 g/mol. The van der Waals surface area contributed by atoms with Crippen LogP contribution in [0.3, 0.4) is 0 Å². The Hall–Kier alpha value is -1.49. The van der Waals surface area contributed by atoms with E-state index >= 15 is 0 Å². The summed E-state index contributed by atoms with van der Waals surface area (Å²) in [5, 5.41) is 0. The van der Waals surface area contributed by atoms with Gasteiger partial charge in [-0.2, -0.15) is 0 Å². The number of carbonyl (C=O) groups excluding carboxylic acids is 1. The Kier molecular flexibility index (Phi) is 8.18. The number of hydrogen-bond donors (Lipinski definition) is 0. The number of amides is 1. The van der Waals surface area contributed by atoms with Gasteiger partial charge in [-0.3, -0.25) is 9.69 Å². The van der Waals surface area contributed by atoms with Crippen molar-refractivity contribution in [1.29, 1.82) is 0 Å². The summed E-state index contributed by atoms with van der Waals surface area (Å²) in [6.45, 7) is 9.66. The van der Waals surface area contributed by atoms with Crippen LogP contribution in [0, 0.1) is 12.0 Å². The molecule has 0 aliphatic carbocycles. The second-order valence-corrected chi connectivity index (χ2v) is 3.17. The predicted molar refractivity (Wildman–Crippen MR) is 64.0 cm³/mol. The molecule has 0 aliphatic heterocycles. The van der Waals surface area contributed by atoms with E-state index in [2.05, 4.69) is 25.1 Å². The second-order valence-electron chi connectivity index (χ2n) is 3.17. The van der Waals surface area contributed by atoms with Crippen molar-refractivity contribution in [3.8, 4) is 12.0 Å². The summed E-state index contributed by atoms with van der Waals surface area (Å²) in [7, 11) is 0. The molecule has 0 aliphatic rings. The Morgan fingerprint density at radius 3 is 2.53 bits per heavy atom. The molecule has 0 fully saturated rings. The summed E-state index contributed by atoms with van der Waals surface area (Å²) in [5.41, 5.74) is 0. The molecule has 15 heavy (non-hydrogen) atoms. The average Bonchev–Trinajstić information content (AvgIpc) is 2.25. The van der Waals surface area contributed by atoms with Crippen molar-refractivity contribution in [2.24, 2.45) is 0 Å². The lowest BCUT2D eigenvalue weighted by atomic mass is 10.2. The maximum absolute atomic E-state index is 11.6. The van der Waals surface area contributed by atoms with E-state index in [1.54, 1.807) is 17.9 Å². The van der Waals surface area contributed by atoms with Gasteiger partial charge in [-0.05, 0) is 26.2 Å². The van der Waals surface area contributed by atoms with Gasteiger partial charge in [0, 0.05) is 19.0 Å². The lowest BCUT2D eigenvalue weighted by Crippen LogP contribution is -2.26. The fraction of sp³-hybridized carbons (Fsp3) is 0.462. The van der Waals surface area contributed by atoms with Crippen molar-refractivity contribution in [3.63, 3.8) is 0 Å². The van der Waals surface area contributed by atoms with Gasteiger partial charge < -0.3 is 0 Å². The standard InChI is InChI=1S/C13H19NO/c1-4-7-9-12-14(11-6-3)13(15)10-8-5-2/h4-5H,1-2,7-10,12H2,3H3. The van der Waals surface area contributed by atoms with Crippen LogP contribution in [-0.2, 0) is 4.79 Å². The van der Waals surface area contributed by atoms with E-state index in [1.807, 2.05) is 6.08 Å². The Morgan fingerprint density at radius 2 is 2.00 bits per heavy atom. The van der Waals surface area contributed by atoms with Crippen LogP contribution in [0.15, 0.2) is 25.3 Å². The molecule has 0 aromatic carbocycles. The second kappa shape index (κ2) is 9.08. The quantitative estimate of drug-likeness (QED) is 0.271. The molecule has 0 spiro atoms. The molecule has 0 N–H and O–H groups in total. The van der Waals surface area contributed by atoms with Gasteiger partial charge in [0.05, 0.1) is 0 Å². The zero-order chi connectivity index (χ0) is 11.5. The number of carbonyl (C=O) groups is 1. The lowest BCUT2D eigenvalue weighted by Gasteiger charge is -2.14. The number of hydrogen-bond acceptors (Lipinski definition) is 1. The summed E-state index contributed by atoms with van der Waals surface area (Å²) >= 11 is 0. The third-order valence-electron chi connectivity index (χ3n) is 1.90. The minimum Gasteiger partial charge on any atom is -0.274 e. The lowest BCUT2D eigenvalue weighted by molar-refractivity contribution is -0.128. The Bertz CT molecular complexity index is 270. The first-order chi connectivity index (χ1) is 7.26. The molecule has 0 saturated heterocycles. The molecule has 0 unspecified atom stereocenters. The van der Waals surface area contributed by atoms with Crippen molar-refractivity contribution >= 4 is 5.91 Å². The molecule has 0 atom stereocenters. The van der Waals surface area contributed by atoms with E-state index in [4.69, 9.17) is 0 Å². The Morgan fingerprint density at radius 1 is 1.33 bits per heavy atom. The normalized spacial score (nSPS) is 8.60. The molecule has 0 aromatic heterocycles. The summed E-state index contributed by atoms with van der Waals surface area (Å²) in [4.78, 5) is 13.2. The van der Waals surface area contributed by atoms with Crippen LogP contribution < -0.4 is 0 Å². The Balaban J connectivity index is 4.09. The van der Waals surface area contributed by atoms with Gasteiger partial charge in [0.25, 0.3) is 0 Å². The van der Waals surface area contributed by atoms with E-state index < -0.39 is 0 Å². The molecule has 0 rings (SSSR count). The molecule has 0 bridgehead atoms. The maximum atomic E-state index is 11.6. The molecule has 82 valence electrons.